The summed E-state index contributed by atoms with van der Waals surface area (Å²) in [7, 11) is 3.02. The van der Waals surface area contributed by atoms with Crippen LogP contribution in [0.1, 0.15) is 127 Å². The maximum Gasteiger partial charge on any atom is 0.416 e. The number of hydrogen-bond donors (Lipinski definition) is 3. The first-order chi connectivity index (χ1) is 45.2. The van der Waals surface area contributed by atoms with E-state index in [1.54, 1.807) is 64.0 Å². The number of benzene rings is 3. The van der Waals surface area contributed by atoms with Crippen molar-refractivity contribution in [3.05, 3.63) is 130 Å². The van der Waals surface area contributed by atoms with Gasteiger partial charge >= 0.3 is 24.1 Å². The number of aryl methyl sites for hydroxylation is 5. The van der Waals surface area contributed by atoms with Crippen molar-refractivity contribution >= 4 is 91.9 Å². The number of esters is 1. The number of piperidine rings is 2. The number of aromatic nitrogens is 1. The van der Waals surface area contributed by atoms with Crippen LogP contribution in [0.3, 0.4) is 0 Å². The minimum absolute atomic E-state index is 0.00513. The van der Waals surface area contributed by atoms with Crippen molar-refractivity contribution in [1.29, 1.82) is 0 Å². The van der Waals surface area contributed by atoms with E-state index in [1.807, 2.05) is 45.9 Å². The van der Waals surface area contributed by atoms with Crippen LogP contribution in [-0.4, -0.2) is 176 Å². The molecule has 6 aliphatic rings. The molecule has 11 rings (SSSR count). The topological polar surface area (TPSA) is 282 Å². The van der Waals surface area contributed by atoms with Crippen molar-refractivity contribution in [3.63, 3.8) is 0 Å². The van der Waals surface area contributed by atoms with Gasteiger partial charge in [-0.25, -0.2) is 29.0 Å². The Morgan fingerprint density at radius 3 is 1.67 bits per heavy atom. The van der Waals surface area contributed by atoms with Gasteiger partial charge in [0.05, 0.1) is 59.6 Å². The molecule has 4 saturated heterocycles. The monoisotopic (exact) mass is 1320 g/mol. The van der Waals surface area contributed by atoms with Gasteiger partial charge in [-0.05, 0) is 174 Å². The number of fused-ring (bicyclic) bond motifs is 5. The number of nitrogens with one attached hydrogen (secondary N) is 2. The van der Waals surface area contributed by atoms with E-state index < -0.39 is 91.9 Å². The van der Waals surface area contributed by atoms with E-state index in [2.05, 4.69) is 23.8 Å². The van der Waals surface area contributed by atoms with Gasteiger partial charge in [0.2, 0.25) is 5.91 Å². The van der Waals surface area contributed by atoms with Crippen LogP contribution >= 0.6 is 11.3 Å². The van der Waals surface area contributed by atoms with Crippen molar-refractivity contribution in [2.75, 3.05) is 80.3 Å². The SMILES string of the molecule is C=CCOC(=O)N1c2cc(C)c(C)cc2C(=O)N2CC[C@@H](OCC(=O)Nc3cc(C(=O)Nc4ccc5sc(C(=O)OC)cc5c4)n(C)c3)C[C@H]2C1OC1CCCCO1.C=CCOC(=O)N1c2cc(C)c(C)cc2C(=O)N2CC[C@@H](OCC(=O)O)C[C@H]2C1OC1CCCCO1. The molecule has 8 atom stereocenters. The number of carbonyl (C=O) groups excluding carboxylic acids is 7. The molecule has 6 amide bonds. The molecule has 5 aromatic rings. The summed E-state index contributed by atoms with van der Waals surface area (Å²) in [6.07, 6.45) is 5.71. The van der Waals surface area contributed by atoms with Gasteiger partial charge in [-0.3, -0.25) is 19.2 Å². The summed E-state index contributed by atoms with van der Waals surface area (Å²) in [5, 5.41) is 15.6. The Morgan fingerprint density at radius 1 is 0.660 bits per heavy atom. The van der Waals surface area contributed by atoms with Crippen LogP contribution in [0, 0.1) is 27.7 Å². The lowest BCUT2D eigenvalue weighted by atomic mass is 9.97. The first-order valence-electron chi connectivity index (χ1n) is 31.6. The molecule has 94 heavy (non-hydrogen) atoms. The van der Waals surface area contributed by atoms with E-state index in [1.165, 1.54) is 40.4 Å². The third kappa shape index (κ3) is 15.7. The van der Waals surface area contributed by atoms with Crippen molar-refractivity contribution in [3.8, 4) is 0 Å². The lowest BCUT2D eigenvalue weighted by Crippen LogP contribution is -2.59. The van der Waals surface area contributed by atoms with Crippen LogP contribution in [0.25, 0.3) is 10.1 Å². The van der Waals surface area contributed by atoms with Crippen LogP contribution in [0.15, 0.2) is 86.1 Å². The Balaban J connectivity index is 0.000000229. The molecule has 0 bridgehead atoms. The van der Waals surface area contributed by atoms with E-state index in [9.17, 15) is 38.4 Å². The molecule has 0 aliphatic carbocycles. The van der Waals surface area contributed by atoms with Gasteiger partial charge in [-0.2, -0.15) is 0 Å². The lowest BCUT2D eigenvalue weighted by molar-refractivity contribution is -0.202. The van der Waals surface area contributed by atoms with Gasteiger partial charge in [0.25, 0.3) is 17.7 Å². The molecule has 3 aromatic carbocycles. The Bertz CT molecular complexity index is 3690. The Hall–Kier alpha value is -8.50. The van der Waals surface area contributed by atoms with Crippen molar-refractivity contribution in [1.82, 2.24) is 14.4 Å². The molecular formula is C68H81N7O18S. The standard InChI is InChI=1S/C42H47N5O10S.C26H34N2O8/c1-6-14-55-42(52)47-31-17-25(3)24(2)16-30(31)39(50)46-13-12-29(21-33(46)40(47)57-37-9-7-8-15-54-37)56-23-36(48)43-28-20-32(45(4)22-28)38(49)44-27-10-11-34-26(18-27)19-35(58-34)41(51)53-5;1-4-10-34-26(32)28-20-13-17(3)16(2)12-19(20)24(31)27-9-8-18(35-15-22(29)30)14-21(27)25(28)36-23-7-5-6-11-33-23/h6,10-11,16-20,22,29,33,37,40H,1,7-9,12-15,21,23H2,2-5H3,(H,43,48)(H,44,49);4,12-13,18,21,23,25H,1,5-11,14-15H2,2-3H3,(H,29,30)/t29-,33+,37?,40?;18-,21+,23?,25?/m11/s1. The second-order valence-electron chi connectivity index (χ2n) is 24.0. The number of carboxylic acid groups (broad SMARTS) is 1. The predicted molar refractivity (Wildman–Crippen MR) is 347 cm³/mol. The fraction of sp³-hybridized carbons (Fsp3) is 0.471. The number of amides is 6. The minimum atomic E-state index is -1.06. The van der Waals surface area contributed by atoms with E-state index in [4.69, 9.17) is 47.7 Å². The summed E-state index contributed by atoms with van der Waals surface area (Å²) in [6.45, 7) is 15.9. The highest BCUT2D eigenvalue weighted by Gasteiger charge is 2.50. The lowest BCUT2D eigenvalue weighted by Gasteiger charge is -2.44. The summed E-state index contributed by atoms with van der Waals surface area (Å²) in [4.78, 5) is 112. The van der Waals surface area contributed by atoms with Gasteiger partial charge in [0.1, 0.15) is 37.0 Å². The number of nitrogens with zero attached hydrogens (tertiary/aromatic N) is 5. The van der Waals surface area contributed by atoms with Crippen molar-refractivity contribution < 1.29 is 86.1 Å². The number of rotatable bonds is 18. The van der Waals surface area contributed by atoms with E-state index >= 15 is 0 Å². The third-order valence-corrected chi connectivity index (χ3v) is 18.7. The average molecular weight is 1320 g/mol. The number of carbonyl (C=O) groups is 8. The van der Waals surface area contributed by atoms with Gasteiger partial charge in [0.15, 0.2) is 25.0 Å². The summed E-state index contributed by atoms with van der Waals surface area (Å²) in [5.41, 5.74) is 6.44. The normalized spacial score (nSPS) is 22.6. The highest BCUT2D eigenvalue weighted by atomic mass is 32.1. The molecule has 4 fully saturated rings. The first-order valence-corrected chi connectivity index (χ1v) is 32.4. The molecule has 8 heterocycles. The van der Waals surface area contributed by atoms with Gasteiger partial charge in [-0.1, -0.05) is 25.3 Å². The summed E-state index contributed by atoms with van der Waals surface area (Å²) in [6, 6.07) is 14.6. The summed E-state index contributed by atoms with van der Waals surface area (Å²) in [5.74, 6) is -2.76. The average Bonchev–Trinajstić information content (AvgIpc) is 1.59. The zero-order valence-electron chi connectivity index (χ0n) is 53.7. The molecule has 502 valence electrons. The zero-order chi connectivity index (χ0) is 66.9. The number of aliphatic carboxylic acids is 1. The van der Waals surface area contributed by atoms with Crippen LogP contribution in [0.5, 0.6) is 0 Å². The Kier molecular flexibility index (Phi) is 22.3. The molecule has 2 aromatic heterocycles. The van der Waals surface area contributed by atoms with Gasteiger partial charge < -0.3 is 72.7 Å². The van der Waals surface area contributed by atoms with Crippen molar-refractivity contribution in [2.45, 2.75) is 141 Å². The summed E-state index contributed by atoms with van der Waals surface area (Å²) < 4.78 is 55.0. The van der Waals surface area contributed by atoms with Crippen molar-refractivity contribution in [2.24, 2.45) is 7.05 Å². The van der Waals surface area contributed by atoms with Crippen LogP contribution in [0.2, 0.25) is 0 Å². The Labute approximate surface area is 548 Å². The quantitative estimate of drug-likeness (QED) is 0.0418. The molecule has 6 aliphatic heterocycles. The molecule has 4 unspecified atom stereocenters. The molecule has 3 N–H and O–H groups in total. The van der Waals surface area contributed by atoms with E-state index in [0.29, 0.717) is 103 Å². The number of carboxylic acids is 1. The van der Waals surface area contributed by atoms with Crippen LogP contribution in [-0.2, 0) is 59.3 Å². The molecular weight excluding hydrogens is 1230 g/mol. The second kappa shape index (κ2) is 30.7. The van der Waals surface area contributed by atoms with Gasteiger partial charge in [0, 0.05) is 49.9 Å². The number of ether oxygens (including phenoxy) is 9. The molecule has 0 radical (unpaired) electrons. The molecule has 0 spiro atoms. The second-order valence-corrected chi connectivity index (χ2v) is 25.1. The maximum absolute atomic E-state index is 14.3. The zero-order valence-corrected chi connectivity index (χ0v) is 54.5. The first kappa shape index (κ1) is 68.4. The molecule has 26 heteroatoms. The van der Waals surface area contributed by atoms with Crippen LogP contribution in [0.4, 0.5) is 32.3 Å². The number of methoxy groups -OCH3 is 1. The highest BCUT2D eigenvalue weighted by molar-refractivity contribution is 7.20. The fourth-order valence-corrected chi connectivity index (χ4v) is 13.5. The Morgan fingerprint density at radius 2 is 1.18 bits per heavy atom. The number of thiophene rings is 1. The molecule has 25 nitrogen and oxygen atoms in total. The number of hydrogen-bond acceptors (Lipinski definition) is 18. The van der Waals surface area contributed by atoms with Crippen LogP contribution < -0.4 is 20.4 Å². The smallest absolute Gasteiger partial charge is 0.416 e. The highest BCUT2D eigenvalue weighted by Crippen LogP contribution is 2.42. The summed E-state index contributed by atoms with van der Waals surface area (Å²) >= 11 is 1.30. The fourth-order valence-electron chi connectivity index (χ4n) is 12.6. The maximum atomic E-state index is 14.3. The van der Waals surface area contributed by atoms with E-state index in [-0.39, 0.29) is 38.1 Å². The minimum Gasteiger partial charge on any atom is -0.480 e. The molecule has 0 saturated carbocycles. The predicted octanol–water partition coefficient (Wildman–Crippen LogP) is 9.93. The van der Waals surface area contributed by atoms with Gasteiger partial charge in [-0.15, -0.1) is 11.3 Å². The number of anilines is 4. The van der Waals surface area contributed by atoms with E-state index in [0.717, 1.165) is 58.0 Å². The third-order valence-electron chi connectivity index (χ3n) is 17.6. The largest absolute Gasteiger partial charge is 0.480 e.